The maximum atomic E-state index is 8.96. The zero-order valence-electron chi connectivity index (χ0n) is 2.34. The van der Waals surface area contributed by atoms with E-state index in [1.807, 2.05) is 0 Å². The number of hydrogen-bond acceptors (Lipinski definition) is 3. The maximum Gasteiger partial charge on any atom is 0.309 e. The van der Waals surface area contributed by atoms with Crippen molar-refractivity contribution in [2.75, 3.05) is 0 Å². The Kier molecular flexibility index (Phi) is 2.34. The summed E-state index contributed by atoms with van der Waals surface area (Å²) < 4.78 is 3.46. The monoisotopic (exact) mass is 71.0 g/mol. The second-order valence-electron chi connectivity index (χ2n) is 0.305. The van der Waals surface area contributed by atoms with E-state index in [9.17, 15) is 0 Å². The summed E-state index contributed by atoms with van der Waals surface area (Å²) in [5.74, 6) is 0. The van der Waals surface area contributed by atoms with Gasteiger partial charge < -0.3 is 4.74 Å². The van der Waals surface area contributed by atoms with E-state index in [0.29, 0.717) is 0 Å². The number of rotatable bonds is 1. The fourth-order valence-corrected chi connectivity index (χ4v) is 0.0215. The van der Waals surface area contributed by atoms with Crippen LogP contribution in [0.25, 0.3) is 0 Å². The Hall–Kier alpha value is -1.04. The molecule has 5 heavy (non-hydrogen) atoms. The minimum atomic E-state index is 0.0694. The first kappa shape index (κ1) is 3.96. The number of carbonyl (C=O) groups is 1. The van der Waals surface area contributed by atoms with Crippen molar-refractivity contribution in [3.63, 3.8) is 0 Å². The Balaban J connectivity index is 2.75. The van der Waals surface area contributed by atoms with Gasteiger partial charge >= 0.3 is 6.47 Å². The molecule has 0 radical (unpaired) electrons. The Labute approximate surface area is 28.8 Å². The number of ether oxygens (including phenoxy) is 1. The van der Waals surface area contributed by atoms with Crippen LogP contribution in [0.15, 0.2) is 0 Å². The van der Waals surface area contributed by atoms with E-state index in [4.69, 9.17) is 10.1 Å². The standard InChI is InChI=1S/C2HNO2/c3-1-5-2-4/h2H. The summed E-state index contributed by atoms with van der Waals surface area (Å²) in [6.07, 6.45) is 1.15. The van der Waals surface area contributed by atoms with Crippen molar-refractivity contribution in [1.82, 2.24) is 0 Å². The predicted octanol–water partition coefficient (Wildman–Crippen LogP) is -0.360. The summed E-state index contributed by atoms with van der Waals surface area (Å²) in [5.41, 5.74) is 0. The summed E-state index contributed by atoms with van der Waals surface area (Å²) in [6.45, 7) is 0.0694. The van der Waals surface area contributed by atoms with Gasteiger partial charge in [0, 0.05) is 0 Å². The molecule has 0 aromatic carbocycles. The largest absolute Gasteiger partial charge is 0.354 e. The van der Waals surface area contributed by atoms with Gasteiger partial charge in [-0.25, -0.2) is 0 Å². The summed E-state index contributed by atoms with van der Waals surface area (Å²) in [5, 5.41) is 7.36. The van der Waals surface area contributed by atoms with Gasteiger partial charge in [0.1, 0.15) is 0 Å². The molecule has 3 heteroatoms. The van der Waals surface area contributed by atoms with Gasteiger partial charge in [0.2, 0.25) is 0 Å². The van der Waals surface area contributed by atoms with Crippen molar-refractivity contribution < 1.29 is 9.53 Å². The first-order valence-electron chi connectivity index (χ1n) is 0.899. The Bertz CT molecular complexity index is 62.5. The minimum absolute atomic E-state index is 0.0694. The van der Waals surface area contributed by atoms with Crippen molar-refractivity contribution in [3.8, 4) is 6.26 Å². The van der Waals surface area contributed by atoms with Crippen LogP contribution in [-0.4, -0.2) is 6.47 Å². The molecule has 0 atom stereocenters. The second kappa shape index (κ2) is 2.96. The number of hydrogen-bond donors (Lipinski definition) is 0. The lowest BCUT2D eigenvalue weighted by molar-refractivity contribution is -0.122. The summed E-state index contributed by atoms with van der Waals surface area (Å²) in [7, 11) is 0. The van der Waals surface area contributed by atoms with Gasteiger partial charge in [0.15, 0.2) is 0 Å². The molecule has 0 fully saturated rings. The highest BCUT2D eigenvalue weighted by Gasteiger charge is 1.58. The average Bonchev–Trinajstić information content (AvgIpc) is 1.41. The van der Waals surface area contributed by atoms with Crippen molar-refractivity contribution in [3.05, 3.63) is 0 Å². The summed E-state index contributed by atoms with van der Waals surface area (Å²) in [6, 6.07) is 0. The highest BCUT2D eigenvalue weighted by atomic mass is 16.5. The fraction of sp³-hybridized carbons (Fsp3) is 0. The maximum absolute atomic E-state index is 8.96. The molecule has 0 N–H and O–H groups in total. The Morgan fingerprint density at radius 2 is 2.60 bits per heavy atom. The molecule has 0 aromatic heterocycles. The molecular weight excluding hydrogens is 70.0 g/mol. The molecule has 0 rings (SSSR count). The minimum Gasteiger partial charge on any atom is -0.354 e. The van der Waals surface area contributed by atoms with E-state index >= 15 is 0 Å². The van der Waals surface area contributed by atoms with Gasteiger partial charge in [0.05, 0.1) is 0 Å². The molecule has 0 aliphatic rings. The first-order valence-corrected chi connectivity index (χ1v) is 0.899. The second-order valence-corrected chi connectivity index (χ2v) is 0.305. The van der Waals surface area contributed by atoms with E-state index < -0.39 is 0 Å². The smallest absolute Gasteiger partial charge is 0.309 e. The molecule has 0 spiro atoms. The van der Waals surface area contributed by atoms with Crippen LogP contribution in [0.3, 0.4) is 0 Å². The molecule has 0 aliphatic carbocycles. The van der Waals surface area contributed by atoms with E-state index in [2.05, 4.69) is 4.74 Å². The zero-order chi connectivity index (χ0) is 4.12. The lowest BCUT2D eigenvalue weighted by Gasteiger charge is -1.60. The molecule has 0 unspecified atom stereocenters. The average molecular weight is 71.0 g/mol. The van der Waals surface area contributed by atoms with Crippen LogP contribution in [0.2, 0.25) is 0 Å². The third kappa shape index (κ3) is 2.96. The molecule has 0 heterocycles. The van der Waals surface area contributed by atoms with E-state index in [0.717, 1.165) is 6.26 Å². The van der Waals surface area contributed by atoms with Crippen LogP contribution >= 0.6 is 0 Å². The molecule has 3 nitrogen and oxygen atoms in total. The number of nitriles is 1. The van der Waals surface area contributed by atoms with Crippen LogP contribution in [0.5, 0.6) is 0 Å². The SMILES string of the molecule is N#COC=O. The summed E-state index contributed by atoms with van der Waals surface area (Å²) in [4.78, 5) is 8.96. The predicted molar refractivity (Wildman–Crippen MR) is 12.8 cm³/mol. The van der Waals surface area contributed by atoms with Crippen LogP contribution < -0.4 is 0 Å². The van der Waals surface area contributed by atoms with Crippen molar-refractivity contribution in [1.29, 1.82) is 5.26 Å². The molecule has 0 bridgehead atoms. The van der Waals surface area contributed by atoms with Gasteiger partial charge in [-0.2, -0.15) is 0 Å². The van der Waals surface area contributed by atoms with E-state index in [1.165, 1.54) is 0 Å². The molecule has 0 saturated heterocycles. The zero-order valence-corrected chi connectivity index (χ0v) is 2.34. The van der Waals surface area contributed by atoms with Gasteiger partial charge in [0.25, 0.3) is 6.26 Å². The third-order valence-corrected chi connectivity index (χ3v) is 0.101. The lowest BCUT2D eigenvalue weighted by atomic mass is 11.5. The van der Waals surface area contributed by atoms with Crippen LogP contribution in [0.1, 0.15) is 0 Å². The Morgan fingerprint density at radius 1 is 2.00 bits per heavy atom. The highest BCUT2D eigenvalue weighted by Crippen LogP contribution is 1.46. The first-order chi connectivity index (χ1) is 2.41. The molecule has 0 aliphatic heterocycles. The number of carbonyl (C=O) groups excluding carboxylic acids is 1. The van der Waals surface area contributed by atoms with Gasteiger partial charge in [-0.15, -0.1) is 5.26 Å². The van der Waals surface area contributed by atoms with Gasteiger partial charge in [-0.1, -0.05) is 0 Å². The number of nitrogens with zero attached hydrogens (tertiary/aromatic N) is 1. The Morgan fingerprint density at radius 3 is 2.60 bits per heavy atom. The van der Waals surface area contributed by atoms with Crippen LogP contribution in [-0.2, 0) is 9.53 Å². The van der Waals surface area contributed by atoms with Gasteiger partial charge in [-0.05, 0) is 0 Å². The van der Waals surface area contributed by atoms with Crippen LogP contribution in [0, 0.1) is 11.5 Å². The van der Waals surface area contributed by atoms with Crippen molar-refractivity contribution in [2.24, 2.45) is 0 Å². The van der Waals surface area contributed by atoms with E-state index in [-0.39, 0.29) is 6.47 Å². The topological polar surface area (TPSA) is 50.1 Å². The quantitative estimate of drug-likeness (QED) is 0.313. The molecular formula is C2HNO2. The highest BCUT2D eigenvalue weighted by molar-refractivity contribution is 5.38. The molecule has 0 aromatic rings. The lowest BCUT2D eigenvalue weighted by Crippen LogP contribution is -1.68. The molecule has 0 saturated carbocycles. The third-order valence-electron chi connectivity index (χ3n) is 0.101. The van der Waals surface area contributed by atoms with Crippen molar-refractivity contribution >= 4 is 6.47 Å². The van der Waals surface area contributed by atoms with Crippen LogP contribution in [0.4, 0.5) is 0 Å². The molecule has 26 valence electrons. The van der Waals surface area contributed by atoms with Gasteiger partial charge in [-0.3, -0.25) is 4.79 Å². The normalized spacial score (nSPS) is 4.60. The summed E-state index contributed by atoms with van der Waals surface area (Å²) >= 11 is 0. The fourth-order valence-electron chi connectivity index (χ4n) is 0.0215. The molecule has 0 amide bonds. The van der Waals surface area contributed by atoms with E-state index in [1.54, 1.807) is 0 Å². The van der Waals surface area contributed by atoms with Crippen molar-refractivity contribution in [2.45, 2.75) is 0 Å².